The lowest BCUT2D eigenvalue weighted by Gasteiger charge is -2.19. The minimum Gasteiger partial charge on any atom is -0.484 e. The number of hydrogen-bond donors (Lipinski definition) is 1. The van der Waals surface area contributed by atoms with Crippen LogP contribution >= 0.6 is 0 Å². The van der Waals surface area contributed by atoms with Crippen LogP contribution < -0.4 is 10.1 Å². The van der Waals surface area contributed by atoms with Crippen molar-refractivity contribution in [1.29, 1.82) is 0 Å². The summed E-state index contributed by atoms with van der Waals surface area (Å²) in [5.74, 6) is 1.61. The van der Waals surface area contributed by atoms with E-state index in [0.29, 0.717) is 5.75 Å². The molecule has 1 fully saturated rings. The number of carbonyl (C=O) groups excluding carboxylic acids is 1. The van der Waals surface area contributed by atoms with E-state index < -0.39 is 0 Å². The molecule has 1 aromatic heterocycles. The summed E-state index contributed by atoms with van der Waals surface area (Å²) in [6, 6.07) is 13.9. The summed E-state index contributed by atoms with van der Waals surface area (Å²) in [5, 5.41) is 2.95. The zero-order chi connectivity index (χ0) is 24.1. The highest BCUT2D eigenvalue weighted by Crippen LogP contribution is 2.25. The number of nitrogens with one attached hydrogen (secondary N) is 1. The fraction of sp³-hybridized carbons (Fsp3) is 0.500. The van der Waals surface area contributed by atoms with Crippen LogP contribution in [0.5, 0.6) is 5.75 Å². The van der Waals surface area contributed by atoms with E-state index in [-0.39, 0.29) is 17.9 Å². The first-order chi connectivity index (χ1) is 16.3. The highest BCUT2D eigenvalue weighted by atomic mass is 16.5. The van der Waals surface area contributed by atoms with Gasteiger partial charge in [0.05, 0.1) is 17.6 Å². The monoisotopic (exact) mass is 462 g/mol. The maximum atomic E-state index is 12.5. The van der Waals surface area contributed by atoms with Crippen LogP contribution in [0.3, 0.4) is 0 Å². The van der Waals surface area contributed by atoms with Crippen molar-refractivity contribution in [2.45, 2.75) is 71.9 Å². The number of aromatic nitrogens is 2. The highest BCUT2D eigenvalue weighted by molar-refractivity contribution is 5.94. The first-order valence-electron chi connectivity index (χ1n) is 12.6. The van der Waals surface area contributed by atoms with Crippen molar-refractivity contribution in [3.8, 4) is 5.75 Å². The molecule has 2 heterocycles. The summed E-state index contributed by atoms with van der Waals surface area (Å²) in [6.07, 6.45) is 5.20. The molecule has 4 rings (SSSR count). The van der Waals surface area contributed by atoms with Gasteiger partial charge in [-0.15, -0.1) is 0 Å². The van der Waals surface area contributed by atoms with E-state index in [1.807, 2.05) is 24.3 Å². The molecule has 0 bridgehead atoms. The van der Waals surface area contributed by atoms with Crippen molar-refractivity contribution in [2.75, 3.05) is 25.0 Å². The third kappa shape index (κ3) is 5.98. The number of anilines is 1. The number of nitrogens with zero attached hydrogens (tertiary/aromatic N) is 3. The van der Waals surface area contributed by atoms with Gasteiger partial charge in [-0.05, 0) is 74.2 Å². The predicted molar refractivity (Wildman–Crippen MR) is 138 cm³/mol. The Bertz CT molecular complexity index is 1100. The van der Waals surface area contributed by atoms with Crippen LogP contribution in [0.25, 0.3) is 11.0 Å². The normalized spacial score (nSPS) is 15.3. The Kier molecular flexibility index (Phi) is 7.57. The van der Waals surface area contributed by atoms with Gasteiger partial charge in [-0.25, -0.2) is 4.98 Å². The number of rotatable bonds is 7. The van der Waals surface area contributed by atoms with Gasteiger partial charge < -0.3 is 14.6 Å². The van der Waals surface area contributed by atoms with Gasteiger partial charge in [-0.2, -0.15) is 0 Å². The first-order valence-corrected chi connectivity index (χ1v) is 12.6. The Labute approximate surface area is 203 Å². The summed E-state index contributed by atoms with van der Waals surface area (Å²) in [4.78, 5) is 20.0. The van der Waals surface area contributed by atoms with Crippen LogP contribution in [0.4, 0.5) is 5.69 Å². The average molecular weight is 463 g/mol. The van der Waals surface area contributed by atoms with Gasteiger partial charge >= 0.3 is 0 Å². The molecule has 2 aromatic carbocycles. The molecule has 1 aliphatic rings. The van der Waals surface area contributed by atoms with E-state index >= 15 is 0 Å². The number of carbonyl (C=O) groups is 1. The third-order valence-electron chi connectivity index (χ3n) is 6.58. The molecule has 6 heteroatoms. The number of amides is 1. The number of aryl methyl sites for hydroxylation is 1. The lowest BCUT2D eigenvalue weighted by atomic mass is 9.87. The molecule has 1 saturated heterocycles. The van der Waals surface area contributed by atoms with E-state index in [0.717, 1.165) is 48.7 Å². The summed E-state index contributed by atoms with van der Waals surface area (Å²) >= 11 is 0. The van der Waals surface area contributed by atoms with Gasteiger partial charge in [0.25, 0.3) is 5.91 Å². The Morgan fingerprint density at radius 2 is 1.74 bits per heavy atom. The first kappa shape index (κ1) is 24.3. The van der Waals surface area contributed by atoms with E-state index in [9.17, 15) is 4.79 Å². The Hall–Kier alpha value is -2.86. The molecule has 6 nitrogen and oxygen atoms in total. The molecule has 0 spiro atoms. The topological polar surface area (TPSA) is 59.4 Å². The standard InChI is InChI=1S/C28H38N4O2/c1-5-32-25-15-12-22(18-24(25)30-26(32)19-31-16-8-6-7-9-17-31)29-27(33)20-34-23-13-10-21(11-14-23)28(2,3)4/h10-15,18H,5-9,16-17,19-20H2,1-4H3,(H,29,33). The summed E-state index contributed by atoms with van der Waals surface area (Å²) in [7, 11) is 0. The molecule has 34 heavy (non-hydrogen) atoms. The molecular weight excluding hydrogens is 424 g/mol. The zero-order valence-electron chi connectivity index (χ0n) is 21.1. The summed E-state index contributed by atoms with van der Waals surface area (Å²) in [5.41, 5.74) is 4.10. The van der Waals surface area contributed by atoms with Crippen molar-refractivity contribution >= 4 is 22.6 Å². The van der Waals surface area contributed by atoms with Crippen LogP contribution in [0.15, 0.2) is 42.5 Å². The maximum Gasteiger partial charge on any atom is 0.262 e. The molecule has 3 aromatic rings. The quantitative estimate of drug-likeness (QED) is 0.486. The van der Waals surface area contributed by atoms with E-state index in [4.69, 9.17) is 9.72 Å². The Balaban J connectivity index is 1.39. The van der Waals surface area contributed by atoms with Crippen LogP contribution in [0, 0.1) is 0 Å². The highest BCUT2D eigenvalue weighted by Gasteiger charge is 2.16. The van der Waals surface area contributed by atoms with E-state index in [1.165, 1.54) is 31.2 Å². The Morgan fingerprint density at radius 3 is 2.38 bits per heavy atom. The van der Waals surface area contributed by atoms with Crippen LogP contribution in [-0.4, -0.2) is 40.1 Å². The number of imidazole rings is 1. The molecule has 0 radical (unpaired) electrons. The largest absolute Gasteiger partial charge is 0.484 e. The lowest BCUT2D eigenvalue weighted by Crippen LogP contribution is -2.25. The second-order valence-corrected chi connectivity index (χ2v) is 10.3. The number of hydrogen-bond acceptors (Lipinski definition) is 4. The molecule has 182 valence electrons. The SMILES string of the molecule is CCn1c(CN2CCCCCC2)nc2cc(NC(=O)COc3ccc(C(C)(C)C)cc3)ccc21. The molecule has 0 unspecified atom stereocenters. The third-order valence-corrected chi connectivity index (χ3v) is 6.58. The molecular formula is C28H38N4O2. The van der Waals surface area contributed by atoms with Crippen molar-refractivity contribution in [1.82, 2.24) is 14.5 Å². The summed E-state index contributed by atoms with van der Waals surface area (Å²) in [6.45, 7) is 12.7. The number of ether oxygens (including phenoxy) is 1. The number of fused-ring (bicyclic) bond motifs is 1. The fourth-order valence-corrected chi connectivity index (χ4v) is 4.62. The van der Waals surface area contributed by atoms with E-state index in [2.05, 4.69) is 60.7 Å². The number of benzene rings is 2. The van der Waals surface area contributed by atoms with Gasteiger partial charge in [-0.3, -0.25) is 9.69 Å². The van der Waals surface area contributed by atoms with Crippen molar-refractivity contribution in [3.05, 3.63) is 53.9 Å². The van der Waals surface area contributed by atoms with Crippen molar-refractivity contribution < 1.29 is 9.53 Å². The van der Waals surface area contributed by atoms with Gasteiger partial charge in [-0.1, -0.05) is 45.7 Å². The molecule has 0 atom stereocenters. The molecule has 1 N–H and O–H groups in total. The van der Waals surface area contributed by atoms with Crippen LogP contribution in [-0.2, 0) is 23.3 Å². The van der Waals surface area contributed by atoms with Crippen molar-refractivity contribution in [3.63, 3.8) is 0 Å². The minimum atomic E-state index is -0.182. The van der Waals surface area contributed by atoms with Gasteiger partial charge in [0, 0.05) is 12.2 Å². The van der Waals surface area contributed by atoms with E-state index in [1.54, 1.807) is 0 Å². The molecule has 0 saturated carbocycles. The van der Waals surface area contributed by atoms with Gasteiger partial charge in [0.15, 0.2) is 6.61 Å². The average Bonchev–Trinajstić information content (AvgIpc) is 2.94. The minimum absolute atomic E-state index is 0.0312. The second-order valence-electron chi connectivity index (χ2n) is 10.3. The smallest absolute Gasteiger partial charge is 0.262 e. The van der Waals surface area contributed by atoms with Gasteiger partial charge in [0.1, 0.15) is 11.6 Å². The fourth-order valence-electron chi connectivity index (χ4n) is 4.62. The number of likely N-dealkylation sites (tertiary alicyclic amines) is 1. The maximum absolute atomic E-state index is 12.5. The van der Waals surface area contributed by atoms with Crippen molar-refractivity contribution in [2.24, 2.45) is 0 Å². The molecule has 1 aliphatic heterocycles. The van der Waals surface area contributed by atoms with Crippen LogP contribution in [0.2, 0.25) is 0 Å². The van der Waals surface area contributed by atoms with Gasteiger partial charge in [0.2, 0.25) is 0 Å². The Morgan fingerprint density at radius 1 is 1.03 bits per heavy atom. The second kappa shape index (κ2) is 10.6. The lowest BCUT2D eigenvalue weighted by molar-refractivity contribution is -0.118. The zero-order valence-corrected chi connectivity index (χ0v) is 21.1. The molecule has 0 aliphatic carbocycles. The predicted octanol–water partition coefficient (Wildman–Crippen LogP) is 5.75. The van der Waals surface area contributed by atoms with Crippen LogP contribution in [0.1, 0.15) is 64.8 Å². The summed E-state index contributed by atoms with van der Waals surface area (Å²) < 4.78 is 7.98. The molecule has 1 amide bonds.